The van der Waals surface area contributed by atoms with Crippen LogP contribution in [0.5, 0.6) is 0 Å². The summed E-state index contributed by atoms with van der Waals surface area (Å²) in [6, 6.07) is 0. The number of nitrogens with two attached hydrogens (primary N) is 1. The lowest BCUT2D eigenvalue weighted by atomic mass is 9.96. The Morgan fingerprint density at radius 2 is 1.24 bits per heavy atom. The molecule has 6 heteroatoms. The van der Waals surface area contributed by atoms with Crippen LogP contribution in [0.3, 0.4) is 0 Å². The lowest BCUT2D eigenvalue weighted by molar-refractivity contribution is -0.149. The monoisotopic (exact) mass is 378 g/mol. The zero-order valence-corrected chi connectivity index (χ0v) is 17.0. The molecule has 150 valence electrons. The van der Waals surface area contributed by atoms with E-state index in [4.69, 9.17) is 10.8 Å². The molecule has 0 saturated heterocycles. The van der Waals surface area contributed by atoms with E-state index in [1.54, 1.807) is 6.92 Å². The normalized spacial score (nSPS) is 12.9. The van der Waals surface area contributed by atoms with Gasteiger partial charge in [-0.25, -0.2) is 4.79 Å². The van der Waals surface area contributed by atoms with Crippen molar-refractivity contribution in [3.05, 3.63) is 0 Å². The Labute approximate surface area is 159 Å². The second-order valence-corrected chi connectivity index (χ2v) is 6.78. The van der Waals surface area contributed by atoms with Gasteiger partial charge in [-0.05, 0) is 12.8 Å². The highest BCUT2D eigenvalue weighted by Gasteiger charge is 2.40. The number of halogens is 1. The minimum atomic E-state index is -1.79. The van der Waals surface area contributed by atoms with Crippen LogP contribution < -0.4 is 11.1 Å². The van der Waals surface area contributed by atoms with Crippen LogP contribution in [0.15, 0.2) is 0 Å². The maximum atomic E-state index is 11.8. The van der Waals surface area contributed by atoms with Crippen molar-refractivity contribution in [1.29, 1.82) is 0 Å². The molecule has 1 atom stereocenters. The van der Waals surface area contributed by atoms with Crippen LogP contribution in [0, 0.1) is 0 Å². The number of rotatable bonds is 16. The van der Waals surface area contributed by atoms with Crippen molar-refractivity contribution in [3.8, 4) is 0 Å². The first-order valence-corrected chi connectivity index (χ1v) is 9.79. The Balaban J connectivity index is 0. The highest BCUT2D eigenvalue weighted by molar-refractivity contribution is 6.06. The number of hydrogen-bond acceptors (Lipinski definition) is 3. The summed E-state index contributed by atoms with van der Waals surface area (Å²) < 4.78 is 0. The fraction of sp³-hybridized carbons (Fsp3) is 0.895. The van der Waals surface area contributed by atoms with Gasteiger partial charge in [0.1, 0.15) is 0 Å². The first kappa shape index (κ1) is 26.4. The van der Waals surface area contributed by atoms with Gasteiger partial charge in [0, 0.05) is 6.54 Å². The number of amides is 1. The molecule has 0 heterocycles. The number of hydrogen-bond donors (Lipinski definition) is 3. The summed E-state index contributed by atoms with van der Waals surface area (Å²) in [6.07, 6.45) is 15.2. The van der Waals surface area contributed by atoms with Crippen molar-refractivity contribution in [3.63, 3.8) is 0 Å². The molecule has 0 bridgehead atoms. The van der Waals surface area contributed by atoms with E-state index in [0.29, 0.717) is 6.54 Å². The lowest BCUT2D eigenvalue weighted by Crippen LogP contribution is -2.59. The summed E-state index contributed by atoms with van der Waals surface area (Å²) >= 11 is 0. The predicted octanol–water partition coefficient (Wildman–Crippen LogP) is 4.42. The third kappa shape index (κ3) is 12.2. The number of unbranched alkanes of at least 4 members (excludes halogenated alkanes) is 11. The molecule has 0 aromatic rings. The summed E-state index contributed by atoms with van der Waals surface area (Å²) in [5.74, 6) is -1.85. The van der Waals surface area contributed by atoms with Crippen molar-refractivity contribution >= 4 is 24.3 Å². The van der Waals surface area contributed by atoms with Crippen molar-refractivity contribution in [2.75, 3.05) is 6.54 Å². The van der Waals surface area contributed by atoms with Crippen molar-refractivity contribution in [2.24, 2.45) is 5.73 Å². The fourth-order valence-corrected chi connectivity index (χ4v) is 2.73. The van der Waals surface area contributed by atoms with Crippen LogP contribution in [0.1, 0.15) is 97.3 Å². The van der Waals surface area contributed by atoms with E-state index in [0.717, 1.165) is 12.8 Å². The molecular formula is C19H39ClN2O3. The predicted molar refractivity (Wildman–Crippen MR) is 106 cm³/mol. The van der Waals surface area contributed by atoms with Crippen LogP contribution in [0.4, 0.5) is 0 Å². The molecule has 0 aliphatic heterocycles. The quantitative estimate of drug-likeness (QED) is 0.274. The van der Waals surface area contributed by atoms with Crippen molar-refractivity contribution < 1.29 is 14.7 Å². The molecule has 1 unspecified atom stereocenters. The molecule has 0 aliphatic rings. The van der Waals surface area contributed by atoms with Gasteiger partial charge in [0.25, 0.3) is 5.91 Å². The first-order chi connectivity index (χ1) is 11.5. The van der Waals surface area contributed by atoms with E-state index >= 15 is 0 Å². The Kier molecular flexibility index (Phi) is 17.6. The van der Waals surface area contributed by atoms with Crippen LogP contribution in [0.25, 0.3) is 0 Å². The van der Waals surface area contributed by atoms with E-state index in [2.05, 4.69) is 12.2 Å². The maximum Gasteiger partial charge on any atom is 0.333 e. The Bertz CT molecular complexity index is 354. The molecule has 0 aliphatic carbocycles. The number of aliphatic carboxylic acids is 1. The zero-order chi connectivity index (χ0) is 18.3. The van der Waals surface area contributed by atoms with E-state index < -0.39 is 17.4 Å². The third-order valence-corrected chi connectivity index (χ3v) is 4.66. The Morgan fingerprint density at radius 1 is 0.840 bits per heavy atom. The highest BCUT2D eigenvalue weighted by atomic mass is 35.5. The smallest absolute Gasteiger partial charge is 0.333 e. The van der Waals surface area contributed by atoms with Gasteiger partial charge in [-0.1, -0.05) is 84.5 Å². The summed E-state index contributed by atoms with van der Waals surface area (Å²) in [5.41, 5.74) is 3.82. The molecular weight excluding hydrogens is 340 g/mol. The van der Waals surface area contributed by atoms with Crippen LogP contribution in [0.2, 0.25) is 0 Å². The maximum absolute atomic E-state index is 11.8. The van der Waals surface area contributed by atoms with Gasteiger partial charge in [-0.15, -0.1) is 12.4 Å². The molecule has 0 aromatic carbocycles. The minimum Gasteiger partial charge on any atom is -0.479 e. The highest BCUT2D eigenvalue weighted by Crippen LogP contribution is 2.12. The molecule has 0 rings (SSSR count). The van der Waals surface area contributed by atoms with Crippen LogP contribution in [-0.4, -0.2) is 29.1 Å². The molecule has 4 N–H and O–H groups in total. The van der Waals surface area contributed by atoms with E-state index in [1.165, 1.54) is 64.2 Å². The molecule has 0 spiro atoms. The van der Waals surface area contributed by atoms with Gasteiger partial charge in [0.15, 0.2) is 5.54 Å². The van der Waals surface area contributed by atoms with Crippen molar-refractivity contribution in [1.82, 2.24) is 5.32 Å². The van der Waals surface area contributed by atoms with Crippen LogP contribution >= 0.6 is 12.4 Å². The Hall–Kier alpha value is -0.810. The second kappa shape index (κ2) is 16.6. The summed E-state index contributed by atoms with van der Waals surface area (Å²) in [5, 5.41) is 11.7. The summed E-state index contributed by atoms with van der Waals surface area (Å²) in [6.45, 7) is 4.35. The Morgan fingerprint density at radius 3 is 1.60 bits per heavy atom. The molecule has 0 fully saturated rings. The standard InChI is InChI=1S/C19H38N2O3.ClH/c1-3-5-6-7-8-9-10-11-12-13-14-15-16-21-17(22)19(20,4-2)18(23)24;/h3-16,20H2,1-2H3,(H,21,22)(H,23,24);1H. The first-order valence-electron chi connectivity index (χ1n) is 9.79. The average Bonchev–Trinajstić information content (AvgIpc) is 2.57. The van der Waals surface area contributed by atoms with E-state index in [-0.39, 0.29) is 18.8 Å². The van der Waals surface area contributed by atoms with Gasteiger partial charge < -0.3 is 16.2 Å². The molecule has 5 nitrogen and oxygen atoms in total. The number of carbonyl (C=O) groups is 2. The molecule has 0 saturated carbocycles. The van der Waals surface area contributed by atoms with E-state index in [1.807, 2.05) is 0 Å². The third-order valence-electron chi connectivity index (χ3n) is 4.66. The average molecular weight is 379 g/mol. The number of nitrogens with one attached hydrogen (secondary N) is 1. The van der Waals surface area contributed by atoms with Crippen LogP contribution in [-0.2, 0) is 9.59 Å². The number of carboxylic acid groups (broad SMARTS) is 1. The van der Waals surface area contributed by atoms with Gasteiger partial charge in [0.05, 0.1) is 0 Å². The lowest BCUT2D eigenvalue weighted by Gasteiger charge is -2.21. The summed E-state index contributed by atoms with van der Waals surface area (Å²) in [7, 11) is 0. The molecule has 0 aromatic heterocycles. The summed E-state index contributed by atoms with van der Waals surface area (Å²) in [4.78, 5) is 22.9. The fourth-order valence-electron chi connectivity index (χ4n) is 2.73. The van der Waals surface area contributed by atoms with Gasteiger partial charge in [0.2, 0.25) is 0 Å². The molecule has 1 amide bonds. The largest absolute Gasteiger partial charge is 0.479 e. The van der Waals surface area contributed by atoms with Gasteiger partial charge in [-0.2, -0.15) is 0 Å². The minimum absolute atomic E-state index is 0. The SMILES string of the molecule is CCCCCCCCCCCCCCNC(=O)C(N)(CC)C(=O)O.Cl. The van der Waals surface area contributed by atoms with Crippen molar-refractivity contribution in [2.45, 2.75) is 103 Å². The topological polar surface area (TPSA) is 92.4 Å². The van der Waals surface area contributed by atoms with E-state index in [9.17, 15) is 9.59 Å². The number of carbonyl (C=O) groups excluding carboxylic acids is 1. The molecule has 0 radical (unpaired) electrons. The van der Waals surface area contributed by atoms with Gasteiger partial charge in [-0.3, -0.25) is 4.79 Å². The molecule has 25 heavy (non-hydrogen) atoms. The second-order valence-electron chi connectivity index (χ2n) is 6.78. The zero-order valence-electron chi connectivity index (χ0n) is 16.1. The number of carboxylic acids is 1. The van der Waals surface area contributed by atoms with Gasteiger partial charge >= 0.3 is 5.97 Å².